The fraction of sp³-hybridized carbons (Fsp3) is 0.619. The van der Waals surface area contributed by atoms with Crippen LogP contribution >= 0.6 is 11.6 Å². The van der Waals surface area contributed by atoms with Crippen LogP contribution in [0.5, 0.6) is 0 Å². The highest BCUT2D eigenvalue weighted by atomic mass is 35.5. The van der Waals surface area contributed by atoms with Crippen LogP contribution in [0.3, 0.4) is 0 Å². The Labute approximate surface area is 160 Å². The predicted octanol–water partition coefficient (Wildman–Crippen LogP) is 4.53. The third-order valence-electron chi connectivity index (χ3n) is 6.43. The van der Waals surface area contributed by atoms with Crippen LogP contribution in [-0.4, -0.2) is 36.0 Å². The molecule has 1 aliphatic heterocycles. The van der Waals surface area contributed by atoms with E-state index in [1.54, 1.807) is 0 Å². The van der Waals surface area contributed by atoms with Crippen LogP contribution < -0.4 is 5.32 Å². The molecule has 1 spiro atoms. The van der Waals surface area contributed by atoms with Gasteiger partial charge in [-0.15, -0.1) is 0 Å². The topological polar surface area (TPSA) is 36.7 Å². The van der Waals surface area contributed by atoms with Crippen molar-refractivity contribution >= 4 is 23.2 Å². The zero-order valence-corrected chi connectivity index (χ0v) is 16.1. The maximum absolute atomic E-state index is 12.6. The predicted molar refractivity (Wildman–Crippen MR) is 104 cm³/mol. The van der Waals surface area contributed by atoms with Crippen molar-refractivity contribution in [2.24, 2.45) is 11.3 Å². The first kappa shape index (κ1) is 17.8. The molecule has 138 valence electrons. The smallest absolute Gasteiger partial charge is 0.245 e. The van der Waals surface area contributed by atoms with Crippen molar-refractivity contribution in [1.82, 2.24) is 4.90 Å². The lowest BCUT2D eigenvalue weighted by Gasteiger charge is -2.53. The van der Waals surface area contributed by atoms with Crippen LogP contribution in [-0.2, 0) is 4.79 Å². The zero-order valence-electron chi connectivity index (χ0n) is 15.4. The number of benzene rings is 1. The number of hydrogen-bond acceptors (Lipinski definition) is 2. The van der Waals surface area contributed by atoms with Crippen molar-refractivity contribution in [1.29, 1.82) is 0 Å². The van der Waals surface area contributed by atoms with Gasteiger partial charge in [-0.1, -0.05) is 11.6 Å². The van der Waals surface area contributed by atoms with Gasteiger partial charge < -0.3 is 10.2 Å². The van der Waals surface area contributed by atoms with E-state index in [0.29, 0.717) is 10.4 Å². The van der Waals surface area contributed by atoms with Crippen LogP contribution in [0.2, 0.25) is 5.02 Å². The van der Waals surface area contributed by atoms with Gasteiger partial charge >= 0.3 is 0 Å². The van der Waals surface area contributed by atoms with Crippen molar-refractivity contribution in [3.05, 3.63) is 40.2 Å². The molecule has 0 bridgehead atoms. The highest BCUT2D eigenvalue weighted by molar-refractivity contribution is 6.31. The van der Waals surface area contributed by atoms with Gasteiger partial charge in [-0.2, -0.15) is 0 Å². The number of carbonyl (C=O) groups is 1. The minimum Gasteiger partial charge on any atom is -0.326 e. The average Bonchev–Trinajstić information content (AvgIpc) is 3.33. The number of amides is 1. The fourth-order valence-corrected chi connectivity index (χ4v) is 5.03. The molecule has 1 saturated heterocycles. The summed E-state index contributed by atoms with van der Waals surface area (Å²) < 4.78 is 0. The first-order valence-corrected chi connectivity index (χ1v) is 9.98. The summed E-state index contributed by atoms with van der Waals surface area (Å²) in [4.78, 5) is 18.9. The lowest BCUT2D eigenvalue weighted by molar-refractivity contribution is -0.123. The third kappa shape index (κ3) is 3.61. The number of halogens is 1. The van der Waals surface area contributed by atoms with Gasteiger partial charge in [0.1, 0.15) is 0 Å². The fourth-order valence-electron chi connectivity index (χ4n) is 4.74. The minimum atomic E-state index is -0.0478. The highest BCUT2D eigenvalue weighted by Gasteiger charge is 2.55. The molecule has 26 heavy (non-hydrogen) atoms. The van der Waals surface area contributed by atoms with E-state index < -0.39 is 0 Å². The van der Waals surface area contributed by atoms with Crippen LogP contribution in [0.15, 0.2) is 18.2 Å². The molecule has 0 radical (unpaired) electrons. The van der Waals surface area contributed by atoms with Gasteiger partial charge in [0.15, 0.2) is 0 Å². The molecule has 0 unspecified atom stereocenters. The molecule has 3 aliphatic rings. The first-order chi connectivity index (χ1) is 12.4. The molecule has 3 fully saturated rings. The van der Waals surface area contributed by atoms with Gasteiger partial charge in [-0.3, -0.25) is 9.69 Å². The third-order valence-corrected chi connectivity index (χ3v) is 6.65. The molecule has 1 aromatic rings. The highest BCUT2D eigenvalue weighted by Crippen LogP contribution is 2.49. The molecule has 4 nitrogen and oxygen atoms in total. The minimum absolute atomic E-state index is 0.0478. The van der Waals surface area contributed by atoms with Crippen LogP contribution in [0.25, 0.3) is 4.85 Å². The molecular formula is C21H26ClN3O. The van der Waals surface area contributed by atoms with E-state index in [4.69, 9.17) is 18.2 Å². The Bertz CT molecular complexity index is 729. The largest absolute Gasteiger partial charge is 0.326 e. The number of nitrogens with one attached hydrogen (secondary N) is 1. The van der Waals surface area contributed by atoms with Gasteiger partial charge in [-0.25, -0.2) is 6.57 Å². The first-order valence-electron chi connectivity index (χ1n) is 9.60. The molecule has 1 heterocycles. The van der Waals surface area contributed by atoms with Gasteiger partial charge in [0, 0.05) is 42.6 Å². The molecule has 4 rings (SSSR count). The summed E-state index contributed by atoms with van der Waals surface area (Å²) in [5, 5.41) is 3.70. The number of likely N-dealkylation sites (tertiary alicyclic amines) is 1. The number of carbonyl (C=O) groups excluding carboxylic acids is 1. The van der Waals surface area contributed by atoms with E-state index in [-0.39, 0.29) is 17.4 Å². The van der Waals surface area contributed by atoms with Gasteiger partial charge in [0.2, 0.25) is 11.4 Å². The molecule has 2 aliphatic carbocycles. The summed E-state index contributed by atoms with van der Waals surface area (Å²) in [6, 6.07) is 5.67. The summed E-state index contributed by atoms with van der Waals surface area (Å²) in [7, 11) is 0. The Balaban J connectivity index is 1.26. The molecule has 0 atom stereocenters. The monoisotopic (exact) mass is 371 g/mol. The van der Waals surface area contributed by atoms with Crippen molar-refractivity contribution in [2.45, 2.75) is 51.0 Å². The normalized spacial score (nSPS) is 23.9. The molecular weight excluding hydrogens is 346 g/mol. The van der Waals surface area contributed by atoms with E-state index in [1.807, 2.05) is 25.1 Å². The SMILES string of the molecule is [C-]#[N+]C1(CN2CC3(CCC(C(=O)Nc4cc(C)cc(Cl)c4)CC3)C2)CC1. The number of rotatable bonds is 4. The van der Waals surface area contributed by atoms with Crippen molar-refractivity contribution in [3.8, 4) is 0 Å². The van der Waals surface area contributed by atoms with E-state index in [0.717, 1.165) is 69.4 Å². The molecule has 1 amide bonds. The standard InChI is InChI=1S/C21H26ClN3O/c1-15-9-17(22)11-18(10-15)24-19(26)16-3-5-20(6-4-16)12-25(13-20)14-21(23-2)7-8-21/h9-11,16H,3-8,12-14H2,1H3,(H,24,26). The summed E-state index contributed by atoms with van der Waals surface area (Å²) in [5.41, 5.74) is 2.21. The van der Waals surface area contributed by atoms with E-state index >= 15 is 0 Å². The van der Waals surface area contributed by atoms with Crippen LogP contribution in [0.1, 0.15) is 44.1 Å². The van der Waals surface area contributed by atoms with Gasteiger partial charge in [0.25, 0.3) is 0 Å². The Morgan fingerprint density at radius 3 is 2.54 bits per heavy atom. The zero-order chi connectivity index (χ0) is 18.4. The lowest BCUT2D eigenvalue weighted by atomic mass is 9.65. The average molecular weight is 372 g/mol. The van der Waals surface area contributed by atoms with E-state index in [1.165, 1.54) is 0 Å². The number of nitrogens with zero attached hydrogens (tertiary/aromatic N) is 2. The number of anilines is 1. The van der Waals surface area contributed by atoms with Gasteiger partial charge in [-0.05, 0) is 61.8 Å². The van der Waals surface area contributed by atoms with Crippen molar-refractivity contribution in [2.75, 3.05) is 25.0 Å². The maximum Gasteiger partial charge on any atom is 0.245 e. The Morgan fingerprint density at radius 1 is 1.27 bits per heavy atom. The number of hydrogen-bond donors (Lipinski definition) is 1. The van der Waals surface area contributed by atoms with Crippen LogP contribution in [0.4, 0.5) is 5.69 Å². The van der Waals surface area contributed by atoms with Crippen LogP contribution in [0, 0.1) is 24.8 Å². The summed E-state index contributed by atoms with van der Waals surface area (Å²) in [6.07, 6.45) is 6.33. The summed E-state index contributed by atoms with van der Waals surface area (Å²) in [5.74, 6) is 0.231. The van der Waals surface area contributed by atoms with E-state index in [2.05, 4.69) is 15.1 Å². The number of aryl methyl sites for hydroxylation is 1. The van der Waals surface area contributed by atoms with E-state index in [9.17, 15) is 4.79 Å². The Morgan fingerprint density at radius 2 is 1.96 bits per heavy atom. The second-order valence-electron chi connectivity index (χ2n) is 8.76. The molecule has 2 saturated carbocycles. The maximum atomic E-state index is 12.6. The summed E-state index contributed by atoms with van der Waals surface area (Å²) >= 11 is 6.08. The quantitative estimate of drug-likeness (QED) is 0.789. The molecule has 0 aromatic heterocycles. The van der Waals surface area contributed by atoms with Crippen molar-refractivity contribution in [3.63, 3.8) is 0 Å². The molecule has 1 aromatic carbocycles. The lowest BCUT2D eigenvalue weighted by Crippen LogP contribution is -2.59. The second-order valence-corrected chi connectivity index (χ2v) is 9.20. The Kier molecular flexibility index (Phi) is 4.49. The Hall–Kier alpha value is -1.57. The second kappa shape index (κ2) is 6.55. The molecule has 1 N–H and O–H groups in total. The molecule has 5 heteroatoms. The van der Waals surface area contributed by atoms with Crippen molar-refractivity contribution < 1.29 is 4.79 Å². The summed E-state index contributed by atoms with van der Waals surface area (Å²) in [6.45, 7) is 12.5. The van der Waals surface area contributed by atoms with Gasteiger partial charge in [0.05, 0.1) is 6.54 Å².